The molecule has 0 aliphatic rings. The fraction of sp³-hybridized carbons (Fsp3) is 0.500. The molecule has 1 aromatic rings. The largest absolute Gasteiger partial charge is 0.365 e. The van der Waals surface area contributed by atoms with Crippen LogP contribution in [0.1, 0.15) is 18.5 Å². The quantitative estimate of drug-likeness (QED) is 0.558. The summed E-state index contributed by atoms with van der Waals surface area (Å²) < 4.78 is 29.1. The van der Waals surface area contributed by atoms with Crippen LogP contribution in [0.5, 0.6) is 0 Å². The van der Waals surface area contributed by atoms with E-state index in [1.54, 1.807) is 0 Å². The van der Waals surface area contributed by atoms with E-state index in [2.05, 4.69) is 4.98 Å². The Hall–Kier alpha value is -0.810. The molecule has 5 heteroatoms. The second-order valence-corrected chi connectivity index (χ2v) is 4.51. The fourth-order valence-electron chi connectivity index (χ4n) is 1.12. The Morgan fingerprint density at radius 1 is 1.38 bits per heavy atom. The molecule has 0 fully saturated rings. The molecule has 0 spiro atoms. The Morgan fingerprint density at radius 3 is 2.69 bits per heavy atom. The molecule has 2 N–H and O–H groups in total. The van der Waals surface area contributed by atoms with E-state index in [4.69, 9.17) is 4.55 Å². The molecule has 1 aromatic heterocycles. The standard InChI is InChI=1S/C8H13NO3S/c10-13(11,12)7-2-1-4-8-5-3-6-9-8/h3,5-6,9H,1-2,4,7H2,(H,10,11,12). The highest BCUT2D eigenvalue weighted by molar-refractivity contribution is 7.85. The molecule has 0 aliphatic heterocycles. The summed E-state index contributed by atoms with van der Waals surface area (Å²) in [5.74, 6) is -0.145. The maximum Gasteiger partial charge on any atom is 0.264 e. The highest BCUT2D eigenvalue weighted by atomic mass is 32.2. The van der Waals surface area contributed by atoms with Crippen LogP contribution in [0, 0.1) is 0 Å². The zero-order valence-corrected chi connectivity index (χ0v) is 8.05. The van der Waals surface area contributed by atoms with Crippen LogP contribution in [0.4, 0.5) is 0 Å². The molecule has 0 saturated carbocycles. The Morgan fingerprint density at radius 2 is 2.15 bits per heavy atom. The molecule has 0 bridgehead atoms. The van der Waals surface area contributed by atoms with Crippen molar-refractivity contribution in [3.63, 3.8) is 0 Å². The number of aryl methyl sites for hydroxylation is 1. The van der Waals surface area contributed by atoms with Crippen molar-refractivity contribution in [2.45, 2.75) is 19.3 Å². The van der Waals surface area contributed by atoms with Gasteiger partial charge in [-0.1, -0.05) is 0 Å². The Bertz CT molecular complexity index is 328. The summed E-state index contributed by atoms with van der Waals surface area (Å²) in [4.78, 5) is 3.02. The lowest BCUT2D eigenvalue weighted by Gasteiger charge is -1.97. The normalized spacial score (nSPS) is 11.8. The molecule has 0 saturated heterocycles. The van der Waals surface area contributed by atoms with Crippen molar-refractivity contribution >= 4 is 10.1 Å². The van der Waals surface area contributed by atoms with E-state index in [9.17, 15) is 8.42 Å². The Labute approximate surface area is 77.7 Å². The molecule has 4 nitrogen and oxygen atoms in total. The van der Waals surface area contributed by atoms with Gasteiger partial charge in [-0.2, -0.15) is 8.42 Å². The zero-order chi connectivity index (χ0) is 9.73. The van der Waals surface area contributed by atoms with Crippen LogP contribution >= 0.6 is 0 Å². The zero-order valence-electron chi connectivity index (χ0n) is 7.23. The number of aromatic amines is 1. The van der Waals surface area contributed by atoms with Crippen molar-refractivity contribution < 1.29 is 13.0 Å². The lowest BCUT2D eigenvalue weighted by Crippen LogP contribution is -2.03. The Balaban J connectivity index is 2.16. The summed E-state index contributed by atoms with van der Waals surface area (Å²) in [6.45, 7) is 0. The SMILES string of the molecule is O=S(=O)(O)CCCCc1ccc[nH]1. The van der Waals surface area contributed by atoms with E-state index in [1.165, 1.54) is 0 Å². The third-order valence-corrected chi connectivity index (χ3v) is 2.57. The Kier molecular flexibility index (Phi) is 3.50. The minimum Gasteiger partial charge on any atom is -0.365 e. The van der Waals surface area contributed by atoms with Crippen molar-refractivity contribution in [3.8, 4) is 0 Å². The average molecular weight is 203 g/mol. The molecule has 0 unspecified atom stereocenters. The number of H-pyrrole nitrogens is 1. The first kappa shape index (κ1) is 10.3. The first-order chi connectivity index (χ1) is 6.08. The van der Waals surface area contributed by atoms with Gasteiger partial charge in [0.05, 0.1) is 5.75 Å². The predicted octanol–water partition coefficient (Wildman–Crippen LogP) is 1.23. The molecule has 1 heterocycles. The molecule has 1 rings (SSSR count). The van der Waals surface area contributed by atoms with Crippen LogP contribution in [0.2, 0.25) is 0 Å². The van der Waals surface area contributed by atoms with Gasteiger partial charge >= 0.3 is 0 Å². The number of rotatable bonds is 5. The molecule has 74 valence electrons. The molecule has 0 aromatic carbocycles. The van der Waals surface area contributed by atoms with Gasteiger partial charge in [0.2, 0.25) is 0 Å². The minimum atomic E-state index is -3.78. The third kappa shape index (κ3) is 4.69. The monoisotopic (exact) mass is 203 g/mol. The van der Waals surface area contributed by atoms with Crippen molar-refractivity contribution in [2.24, 2.45) is 0 Å². The van der Waals surface area contributed by atoms with E-state index in [0.29, 0.717) is 6.42 Å². The van der Waals surface area contributed by atoms with Crippen LogP contribution in [-0.4, -0.2) is 23.7 Å². The fourth-order valence-corrected chi connectivity index (χ4v) is 1.69. The van der Waals surface area contributed by atoms with Gasteiger partial charge in [0.1, 0.15) is 0 Å². The minimum absolute atomic E-state index is 0.145. The van der Waals surface area contributed by atoms with Crippen LogP contribution in [-0.2, 0) is 16.5 Å². The summed E-state index contributed by atoms with van der Waals surface area (Å²) in [7, 11) is -3.78. The first-order valence-corrected chi connectivity index (χ1v) is 5.76. The van der Waals surface area contributed by atoms with Gasteiger partial charge in [-0.05, 0) is 31.4 Å². The number of nitrogens with one attached hydrogen (secondary N) is 1. The highest BCUT2D eigenvalue weighted by Crippen LogP contribution is 2.02. The van der Waals surface area contributed by atoms with Crippen molar-refractivity contribution in [3.05, 3.63) is 24.0 Å². The summed E-state index contributed by atoms with van der Waals surface area (Å²) in [6.07, 6.45) is 3.92. The number of hydrogen-bond acceptors (Lipinski definition) is 2. The van der Waals surface area contributed by atoms with Crippen LogP contribution in [0.3, 0.4) is 0 Å². The lowest BCUT2D eigenvalue weighted by atomic mass is 10.2. The molecule has 13 heavy (non-hydrogen) atoms. The summed E-state index contributed by atoms with van der Waals surface area (Å²) >= 11 is 0. The van der Waals surface area contributed by atoms with E-state index < -0.39 is 10.1 Å². The molecular weight excluding hydrogens is 190 g/mol. The molecule has 0 radical (unpaired) electrons. The molecule has 0 atom stereocenters. The summed E-state index contributed by atoms with van der Waals surface area (Å²) in [5.41, 5.74) is 1.09. The predicted molar refractivity (Wildman–Crippen MR) is 50.1 cm³/mol. The number of hydrogen-bond donors (Lipinski definition) is 2. The van der Waals surface area contributed by atoms with Gasteiger partial charge in [0, 0.05) is 11.9 Å². The summed E-state index contributed by atoms with van der Waals surface area (Å²) in [6, 6.07) is 3.85. The molecule has 0 amide bonds. The van der Waals surface area contributed by atoms with E-state index >= 15 is 0 Å². The average Bonchev–Trinajstić information content (AvgIpc) is 2.48. The number of unbranched alkanes of at least 4 members (excludes halogenated alkanes) is 1. The summed E-state index contributed by atoms with van der Waals surface area (Å²) in [5, 5.41) is 0. The maximum absolute atomic E-state index is 10.3. The van der Waals surface area contributed by atoms with Gasteiger partial charge in [-0.3, -0.25) is 4.55 Å². The maximum atomic E-state index is 10.3. The van der Waals surface area contributed by atoms with E-state index in [0.717, 1.165) is 18.5 Å². The number of aromatic nitrogens is 1. The second kappa shape index (κ2) is 4.43. The lowest BCUT2D eigenvalue weighted by molar-refractivity contribution is 0.480. The van der Waals surface area contributed by atoms with Crippen molar-refractivity contribution in [2.75, 3.05) is 5.75 Å². The third-order valence-electron chi connectivity index (χ3n) is 1.76. The smallest absolute Gasteiger partial charge is 0.264 e. The van der Waals surface area contributed by atoms with Crippen LogP contribution in [0.25, 0.3) is 0 Å². The first-order valence-electron chi connectivity index (χ1n) is 4.15. The van der Waals surface area contributed by atoms with Gasteiger partial charge in [0.25, 0.3) is 10.1 Å². The highest BCUT2D eigenvalue weighted by Gasteiger charge is 2.03. The van der Waals surface area contributed by atoms with E-state index in [1.807, 2.05) is 18.3 Å². The topological polar surface area (TPSA) is 70.2 Å². The second-order valence-electron chi connectivity index (χ2n) is 2.94. The van der Waals surface area contributed by atoms with Crippen molar-refractivity contribution in [1.82, 2.24) is 4.98 Å². The van der Waals surface area contributed by atoms with Crippen LogP contribution in [0.15, 0.2) is 18.3 Å². The van der Waals surface area contributed by atoms with Gasteiger partial charge < -0.3 is 4.98 Å². The molecular formula is C8H13NO3S. The van der Waals surface area contributed by atoms with Crippen molar-refractivity contribution in [1.29, 1.82) is 0 Å². The van der Waals surface area contributed by atoms with Gasteiger partial charge in [-0.15, -0.1) is 0 Å². The van der Waals surface area contributed by atoms with Gasteiger partial charge in [-0.25, -0.2) is 0 Å². The van der Waals surface area contributed by atoms with Crippen LogP contribution < -0.4 is 0 Å². The van der Waals surface area contributed by atoms with Gasteiger partial charge in [0.15, 0.2) is 0 Å². The molecule has 0 aliphatic carbocycles. The van der Waals surface area contributed by atoms with E-state index in [-0.39, 0.29) is 5.75 Å².